The molecule has 1 aliphatic rings. The van der Waals surface area contributed by atoms with Crippen LogP contribution in [0.2, 0.25) is 0 Å². The molecule has 0 saturated carbocycles. The summed E-state index contributed by atoms with van der Waals surface area (Å²) < 4.78 is 5.45. The molecule has 0 spiro atoms. The van der Waals surface area contributed by atoms with Crippen molar-refractivity contribution in [1.82, 2.24) is 5.32 Å². The molecule has 0 radical (unpaired) electrons. The third-order valence-corrected chi connectivity index (χ3v) is 5.06. The number of amides is 2. The molecule has 28 heavy (non-hydrogen) atoms. The zero-order chi connectivity index (χ0) is 19.9. The molecule has 2 aromatic carbocycles. The van der Waals surface area contributed by atoms with Gasteiger partial charge >= 0.3 is 0 Å². The molecule has 0 fully saturated rings. The molecule has 1 aliphatic heterocycles. The van der Waals surface area contributed by atoms with Crippen molar-refractivity contribution in [3.8, 4) is 5.75 Å². The summed E-state index contributed by atoms with van der Waals surface area (Å²) in [5.41, 5.74) is 2.99. The quantitative estimate of drug-likeness (QED) is 0.794. The third-order valence-electron chi connectivity index (χ3n) is 5.06. The van der Waals surface area contributed by atoms with E-state index in [1.54, 1.807) is 4.90 Å². The molecule has 2 amide bonds. The first-order valence-corrected chi connectivity index (χ1v) is 10.0. The minimum Gasteiger partial charge on any atom is -0.494 e. The van der Waals surface area contributed by atoms with E-state index in [1.807, 2.05) is 62.4 Å². The van der Waals surface area contributed by atoms with Crippen LogP contribution in [0.25, 0.3) is 0 Å². The van der Waals surface area contributed by atoms with E-state index in [2.05, 4.69) is 5.32 Å². The van der Waals surface area contributed by atoms with Crippen LogP contribution < -0.4 is 15.0 Å². The number of benzene rings is 2. The lowest BCUT2D eigenvalue weighted by molar-refractivity contribution is -0.126. The van der Waals surface area contributed by atoms with Gasteiger partial charge < -0.3 is 10.1 Å². The van der Waals surface area contributed by atoms with Crippen LogP contribution in [0.15, 0.2) is 48.5 Å². The van der Waals surface area contributed by atoms with Crippen molar-refractivity contribution in [2.24, 2.45) is 0 Å². The molecule has 0 saturated heterocycles. The minimum absolute atomic E-state index is 0.0213. The fourth-order valence-electron chi connectivity index (χ4n) is 3.65. The Bertz CT molecular complexity index is 817. The van der Waals surface area contributed by atoms with E-state index >= 15 is 0 Å². The van der Waals surface area contributed by atoms with Gasteiger partial charge in [-0.1, -0.05) is 37.3 Å². The van der Waals surface area contributed by atoms with E-state index in [4.69, 9.17) is 4.74 Å². The van der Waals surface area contributed by atoms with E-state index in [0.29, 0.717) is 26.0 Å². The Morgan fingerprint density at radius 1 is 1.11 bits per heavy atom. The molecule has 3 rings (SSSR count). The standard InChI is InChI=1S/C23H28N2O3/c1-3-20(23(27)24-16-17-12-14-19(15-13-17)28-4-2)25-21-10-6-5-8-18(21)9-7-11-22(25)26/h5-6,8,10,12-15,20H,3-4,7,9,11,16H2,1-2H3,(H,24,27). The van der Waals surface area contributed by atoms with E-state index in [0.717, 1.165) is 35.4 Å². The van der Waals surface area contributed by atoms with Crippen LogP contribution in [0.3, 0.4) is 0 Å². The number of anilines is 1. The molecule has 1 unspecified atom stereocenters. The van der Waals surface area contributed by atoms with E-state index in [1.165, 1.54) is 0 Å². The van der Waals surface area contributed by atoms with E-state index in [9.17, 15) is 9.59 Å². The normalized spacial score (nSPS) is 14.8. The van der Waals surface area contributed by atoms with Gasteiger partial charge in [-0.2, -0.15) is 0 Å². The van der Waals surface area contributed by atoms with Crippen LogP contribution in [-0.4, -0.2) is 24.5 Å². The fourth-order valence-corrected chi connectivity index (χ4v) is 3.65. The van der Waals surface area contributed by atoms with Gasteiger partial charge in [0.2, 0.25) is 11.8 Å². The van der Waals surface area contributed by atoms with Crippen molar-refractivity contribution in [2.75, 3.05) is 11.5 Å². The monoisotopic (exact) mass is 380 g/mol. The molecule has 5 heteroatoms. The summed E-state index contributed by atoms with van der Waals surface area (Å²) in [4.78, 5) is 27.4. The fraction of sp³-hybridized carbons (Fsp3) is 0.391. The van der Waals surface area contributed by atoms with Gasteiger partial charge in [0.1, 0.15) is 11.8 Å². The minimum atomic E-state index is -0.505. The summed E-state index contributed by atoms with van der Waals surface area (Å²) in [6.07, 6.45) is 2.71. The van der Waals surface area contributed by atoms with Gasteiger partial charge in [-0.3, -0.25) is 14.5 Å². The predicted molar refractivity (Wildman–Crippen MR) is 110 cm³/mol. The van der Waals surface area contributed by atoms with E-state index in [-0.39, 0.29) is 11.8 Å². The number of hydrogen-bond acceptors (Lipinski definition) is 3. The number of ether oxygens (including phenoxy) is 1. The van der Waals surface area contributed by atoms with Gasteiger partial charge in [0, 0.05) is 18.7 Å². The van der Waals surface area contributed by atoms with Crippen LogP contribution in [0, 0.1) is 0 Å². The highest BCUT2D eigenvalue weighted by atomic mass is 16.5. The maximum atomic E-state index is 13.0. The summed E-state index contributed by atoms with van der Waals surface area (Å²) in [6.45, 7) is 4.94. The van der Waals surface area contributed by atoms with Gasteiger partial charge in [0.25, 0.3) is 0 Å². The highest BCUT2D eigenvalue weighted by Gasteiger charge is 2.32. The zero-order valence-corrected chi connectivity index (χ0v) is 16.6. The number of rotatable bonds is 7. The number of para-hydroxylation sites is 1. The zero-order valence-electron chi connectivity index (χ0n) is 16.6. The van der Waals surface area contributed by atoms with E-state index < -0.39 is 6.04 Å². The topological polar surface area (TPSA) is 58.6 Å². The number of fused-ring (bicyclic) bond motifs is 1. The number of aryl methyl sites for hydroxylation is 1. The largest absolute Gasteiger partial charge is 0.494 e. The number of nitrogens with zero attached hydrogens (tertiary/aromatic N) is 1. The summed E-state index contributed by atoms with van der Waals surface area (Å²) in [5, 5.41) is 3.00. The average Bonchev–Trinajstić information content (AvgIpc) is 2.87. The lowest BCUT2D eigenvalue weighted by atomic mass is 10.1. The van der Waals surface area contributed by atoms with Gasteiger partial charge in [0.05, 0.1) is 6.61 Å². The summed E-state index contributed by atoms with van der Waals surface area (Å²) >= 11 is 0. The smallest absolute Gasteiger partial charge is 0.243 e. The van der Waals surface area contributed by atoms with Gasteiger partial charge in [-0.15, -0.1) is 0 Å². The van der Waals surface area contributed by atoms with Crippen molar-refractivity contribution in [3.63, 3.8) is 0 Å². The van der Waals surface area contributed by atoms with Crippen molar-refractivity contribution in [3.05, 3.63) is 59.7 Å². The molecule has 0 bridgehead atoms. The Labute approximate surface area is 166 Å². The lowest BCUT2D eigenvalue weighted by Gasteiger charge is -2.30. The Kier molecular flexibility index (Phi) is 6.69. The Balaban J connectivity index is 1.73. The molecule has 148 valence electrons. The lowest BCUT2D eigenvalue weighted by Crippen LogP contribution is -2.49. The highest BCUT2D eigenvalue weighted by Crippen LogP contribution is 2.29. The van der Waals surface area contributed by atoms with Crippen molar-refractivity contribution < 1.29 is 14.3 Å². The molecule has 1 heterocycles. The van der Waals surface area contributed by atoms with Crippen LogP contribution in [0.1, 0.15) is 44.2 Å². The number of nitrogens with one attached hydrogen (secondary N) is 1. The maximum absolute atomic E-state index is 13.0. The molecule has 5 nitrogen and oxygen atoms in total. The second kappa shape index (κ2) is 9.40. The van der Waals surface area contributed by atoms with Crippen molar-refractivity contribution >= 4 is 17.5 Å². The Morgan fingerprint density at radius 3 is 2.57 bits per heavy atom. The van der Waals surface area contributed by atoms with Gasteiger partial charge in [-0.25, -0.2) is 0 Å². The third kappa shape index (κ3) is 4.53. The molecule has 1 atom stereocenters. The Hall–Kier alpha value is -2.82. The van der Waals surface area contributed by atoms with Crippen LogP contribution in [0.5, 0.6) is 5.75 Å². The first-order valence-electron chi connectivity index (χ1n) is 10.0. The second-order valence-electron chi connectivity index (χ2n) is 6.96. The maximum Gasteiger partial charge on any atom is 0.243 e. The summed E-state index contributed by atoms with van der Waals surface area (Å²) in [7, 11) is 0. The first kappa shape index (κ1) is 19.9. The SMILES string of the molecule is CCOc1ccc(CNC(=O)C(CC)N2C(=O)CCCc3ccccc32)cc1. The summed E-state index contributed by atoms with van der Waals surface area (Å²) in [6, 6.07) is 15.1. The molecular weight excluding hydrogens is 352 g/mol. The number of carbonyl (C=O) groups excluding carboxylic acids is 2. The van der Waals surface area contributed by atoms with Crippen molar-refractivity contribution in [2.45, 2.75) is 52.1 Å². The van der Waals surface area contributed by atoms with Crippen LogP contribution >= 0.6 is 0 Å². The van der Waals surface area contributed by atoms with Crippen molar-refractivity contribution in [1.29, 1.82) is 0 Å². The summed E-state index contributed by atoms with van der Waals surface area (Å²) in [5.74, 6) is 0.713. The molecule has 1 N–H and O–H groups in total. The molecular formula is C23H28N2O3. The second-order valence-corrected chi connectivity index (χ2v) is 6.96. The molecule has 2 aromatic rings. The number of hydrogen-bond donors (Lipinski definition) is 1. The van der Waals surface area contributed by atoms with Crippen LogP contribution in [0.4, 0.5) is 5.69 Å². The number of carbonyl (C=O) groups is 2. The van der Waals surface area contributed by atoms with Crippen LogP contribution in [-0.2, 0) is 22.6 Å². The predicted octanol–water partition coefficient (Wildman–Crippen LogP) is 3.85. The molecule has 0 aliphatic carbocycles. The Morgan fingerprint density at radius 2 is 1.86 bits per heavy atom. The van der Waals surface area contributed by atoms with Gasteiger partial charge in [-0.05, 0) is 55.5 Å². The molecule has 0 aromatic heterocycles. The average molecular weight is 380 g/mol. The highest BCUT2D eigenvalue weighted by molar-refractivity contribution is 6.01. The van der Waals surface area contributed by atoms with Gasteiger partial charge in [0.15, 0.2) is 0 Å². The first-order chi connectivity index (χ1) is 13.6.